The first-order valence-corrected chi connectivity index (χ1v) is 6.37. The van der Waals surface area contributed by atoms with Crippen molar-refractivity contribution in [3.05, 3.63) is 65.6 Å². The summed E-state index contributed by atoms with van der Waals surface area (Å²) in [5.41, 5.74) is 1.95. The smallest absolute Gasteiger partial charge is 0.257 e. The Bertz CT molecular complexity index is 774. The SMILES string of the molecule is O=C(Nc1ccnc2ccc(Cl)cc12)c1cccnc1. The van der Waals surface area contributed by atoms with Crippen LogP contribution in [-0.4, -0.2) is 15.9 Å². The number of anilines is 1. The third kappa shape index (κ3) is 2.46. The number of nitrogens with one attached hydrogen (secondary N) is 1. The van der Waals surface area contributed by atoms with Crippen LogP contribution in [0.3, 0.4) is 0 Å². The van der Waals surface area contributed by atoms with Crippen LogP contribution in [0, 0.1) is 0 Å². The van der Waals surface area contributed by atoms with E-state index in [0.717, 1.165) is 10.9 Å². The van der Waals surface area contributed by atoms with Gasteiger partial charge in [0.2, 0.25) is 0 Å². The van der Waals surface area contributed by atoms with Crippen LogP contribution in [0.5, 0.6) is 0 Å². The number of aromatic nitrogens is 2. The molecular weight excluding hydrogens is 274 g/mol. The fraction of sp³-hybridized carbons (Fsp3) is 0. The van der Waals surface area contributed by atoms with E-state index in [0.29, 0.717) is 16.3 Å². The Morgan fingerprint density at radius 2 is 2.05 bits per heavy atom. The molecule has 5 heteroatoms. The minimum Gasteiger partial charge on any atom is -0.321 e. The normalized spacial score (nSPS) is 10.4. The van der Waals surface area contributed by atoms with Crippen LogP contribution in [0.25, 0.3) is 10.9 Å². The number of fused-ring (bicyclic) bond motifs is 1. The van der Waals surface area contributed by atoms with Gasteiger partial charge in [-0.05, 0) is 36.4 Å². The summed E-state index contributed by atoms with van der Waals surface area (Å²) in [6.45, 7) is 0. The van der Waals surface area contributed by atoms with E-state index in [2.05, 4.69) is 15.3 Å². The number of rotatable bonds is 2. The highest BCUT2D eigenvalue weighted by atomic mass is 35.5. The van der Waals surface area contributed by atoms with E-state index in [-0.39, 0.29) is 5.91 Å². The van der Waals surface area contributed by atoms with E-state index in [1.807, 2.05) is 6.07 Å². The zero-order valence-corrected chi connectivity index (χ0v) is 11.1. The second kappa shape index (κ2) is 5.27. The quantitative estimate of drug-likeness (QED) is 0.783. The number of amides is 1. The highest BCUT2D eigenvalue weighted by Crippen LogP contribution is 2.25. The van der Waals surface area contributed by atoms with Crippen molar-refractivity contribution in [1.82, 2.24) is 9.97 Å². The topological polar surface area (TPSA) is 54.9 Å². The maximum atomic E-state index is 12.1. The van der Waals surface area contributed by atoms with Gasteiger partial charge in [-0.15, -0.1) is 0 Å². The van der Waals surface area contributed by atoms with Gasteiger partial charge >= 0.3 is 0 Å². The van der Waals surface area contributed by atoms with Gasteiger partial charge in [0.25, 0.3) is 5.91 Å². The van der Waals surface area contributed by atoms with Gasteiger partial charge in [0, 0.05) is 29.0 Å². The number of hydrogen-bond acceptors (Lipinski definition) is 3. The predicted octanol–water partition coefficient (Wildman–Crippen LogP) is 3.54. The molecule has 98 valence electrons. The molecule has 0 radical (unpaired) electrons. The number of hydrogen-bond donors (Lipinski definition) is 1. The molecular formula is C15H10ClN3O. The molecule has 1 N–H and O–H groups in total. The third-order valence-corrected chi connectivity index (χ3v) is 3.11. The van der Waals surface area contributed by atoms with Crippen molar-refractivity contribution in [3.8, 4) is 0 Å². The number of pyridine rings is 2. The fourth-order valence-electron chi connectivity index (χ4n) is 1.92. The zero-order valence-electron chi connectivity index (χ0n) is 10.4. The monoisotopic (exact) mass is 283 g/mol. The summed E-state index contributed by atoms with van der Waals surface area (Å²) in [5, 5.41) is 4.25. The van der Waals surface area contributed by atoms with Crippen LogP contribution in [0.4, 0.5) is 5.69 Å². The van der Waals surface area contributed by atoms with Crippen molar-refractivity contribution in [3.63, 3.8) is 0 Å². The summed E-state index contributed by atoms with van der Waals surface area (Å²) >= 11 is 5.99. The standard InChI is InChI=1S/C15H10ClN3O/c16-11-3-4-13-12(8-11)14(5-7-18-13)19-15(20)10-2-1-6-17-9-10/h1-9H,(H,18,19,20). The van der Waals surface area contributed by atoms with Crippen molar-refractivity contribution < 1.29 is 4.79 Å². The van der Waals surface area contributed by atoms with Crippen molar-refractivity contribution >= 4 is 34.1 Å². The van der Waals surface area contributed by atoms with E-state index < -0.39 is 0 Å². The highest BCUT2D eigenvalue weighted by Gasteiger charge is 2.09. The molecule has 1 amide bonds. The Kier molecular flexibility index (Phi) is 3.31. The number of halogens is 1. The molecule has 0 aliphatic carbocycles. The first-order chi connectivity index (χ1) is 9.74. The van der Waals surface area contributed by atoms with Gasteiger partial charge in [-0.1, -0.05) is 11.6 Å². The van der Waals surface area contributed by atoms with Crippen molar-refractivity contribution in [2.24, 2.45) is 0 Å². The minimum atomic E-state index is -0.217. The summed E-state index contributed by atoms with van der Waals surface area (Å²) in [6.07, 6.45) is 4.79. The van der Waals surface area contributed by atoms with Gasteiger partial charge in [-0.2, -0.15) is 0 Å². The molecule has 2 heterocycles. The fourth-order valence-corrected chi connectivity index (χ4v) is 2.09. The van der Waals surface area contributed by atoms with Crippen LogP contribution in [0.2, 0.25) is 5.02 Å². The number of carbonyl (C=O) groups is 1. The van der Waals surface area contributed by atoms with E-state index in [1.54, 1.807) is 42.7 Å². The Balaban J connectivity index is 1.99. The summed E-state index contributed by atoms with van der Waals surface area (Å²) in [4.78, 5) is 20.3. The first-order valence-electron chi connectivity index (χ1n) is 6.00. The lowest BCUT2D eigenvalue weighted by Gasteiger charge is -2.08. The molecule has 4 nitrogen and oxygen atoms in total. The van der Waals surface area contributed by atoms with Gasteiger partial charge in [0.1, 0.15) is 0 Å². The first kappa shape index (κ1) is 12.6. The summed E-state index contributed by atoms with van der Waals surface area (Å²) in [6, 6.07) is 10.5. The van der Waals surface area contributed by atoms with Crippen molar-refractivity contribution in [2.45, 2.75) is 0 Å². The second-order valence-corrected chi connectivity index (χ2v) is 4.65. The van der Waals surface area contributed by atoms with Crippen LogP contribution in [0.15, 0.2) is 55.0 Å². The van der Waals surface area contributed by atoms with Crippen LogP contribution in [-0.2, 0) is 0 Å². The molecule has 3 rings (SSSR count). The number of benzene rings is 1. The average Bonchev–Trinajstić information content (AvgIpc) is 2.49. The van der Waals surface area contributed by atoms with Gasteiger partial charge < -0.3 is 5.32 Å². The summed E-state index contributed by atoms with van der Waals surface area (Å²) in [7, 11) is 0. The Morgan fingerprint density at radius 1 is 1.15 bits per heavy atom. The third-order valence-electron chi connectivity index (χ3n) is 2.88. The van der Waals surface area contributed by atoms with E-state index in [1.165, 1.54) is 6.20 Å². The molecule has 1 aromatic carbocycles. The Morgan fingerprint density at radius 3 is 2.85 bits per heavy atom. The average molecular weight is 284 g/mol. The number of carbonyl (C=O) groups excluding carboxylic acids is 1. The van der Waals surface area contributed by atoms with E-state index >= 15 is 0 Å². The molecule has 0 aliphatic heterocycles. The van der Waals surface area contributed by atoms with Crippen LogP contribution in [0.1, 0.15) is 10.4 Å². The summed E-state index contributed by atoms with van der Waals surface area (Å²) < 4.78 is 0. The van der Waals surface area contributed by atoms with Crippen molar-refractivity contribution in [2.75, 3.05) is 5.32 Å². The molecule has 0 aliphatic rings. The molecule has 0 spiro atoms. The summed E-state index contributed by atoms with van der Waals surface area (Å²) in [5.74, 6) is -0.217. The molecule has 0 atom stereocenters. The molecule has 0 unspecified atom stereocenters. The highest BCUT2D eigenvalue weighted by molar-refractivity contribution is 6.31. The van der Waals surface area contributed by atoms with E-state index in [4.69, 9.17) is 11.6 Å². The molecule has 2 aromatic heterocycles. The minimum absolute atomic E-state index is 0.217. The number of nitrogens with zero attached hydrogens (tertiary/aromatic N) is 2. The molecule has 0 saturated heterocycles. The maximum Gasteiger partial charge on any atom is 0.257 e. The van der Waals surface area contributed by atoms with Crippen LogP contribution < -0.4 is 5.32 Å². The van der Waals surface area contributed by atoms with E-state index in [9.17, 15) is 4.79 Å². The Hall–Kier alpha value is -2.46. The van der Waals surface area contributed by atoms with Crippen LogP contribution >= 0.6 is 11.6 Å². The molecule has 3 aromatic rings. The lowest BCUT2D eigenvalue weighted by Crippen LogP contribution is -2.12. The molecule has 0 saturated carbocycles. The van der Waals surface area contributed by atoms with Gasteiger partial charge in [-0.3, -0.25) is 14.8 Å². The predicted molar refractivity (Wildman–Crippen MR) is 78.9 cm³/mol. The molecule has 0 bridgehead atoms. The zero-order chi connectivity index (χ0) is 13.9. The molecule has 20 heavy (non-hydrogen) atoms. The molecule has 0 fully saturated rings. The van der Waals surface area contributed by atoms with Gasteiger partial charge in [0.15, 0.2) is 0 Å². The largest absolute Gasteiger partial charge is 0.321 e. The van der Waals surface area contributed by atoms with Gasteiger partial charge in [0.05, 0.1) is 16.8 Å². The lowest BCUT2D eigenvalue weighted by molar-refractivity contribution is 0.102. The van der Waals surface area contributed by atoms with Gasteiger partial charge in [-0.25, -0.2) is 0 Å². The Labute approximate surface area is 120 Å². The van der Waals surface area contributed by atoms with Crippen molar-refractivity contribution in [1.29, 1.82) is 0 Å². The maximum absolute atomic E-state index is 12.1. The second-order valence-electron chi connectivity index (χ2n) is 4.22. The lowest BCUT2D eigenvalue weighted by atomic mass is 10.2.